The summed E-state index contributed by atoms with van der Waals surface area (Å²) in [5.74, 6) is 0.825. The second kappa shape index (κ2) is 5.69. The molecule has 1 heterocycles. The summed E-state index contributed by atoms with van der Waals surface area (Å²) in [5.41, 5.74) is 0. The molecule has 0 spiro atoms. The molecule has 3 unspecified atom stereocenters. The van der Waals surface area contributed by atoms with E-state index >= 15 is 0 Å². The van der Waals surface area contributed by atoms with Crippen molar-refractivity contribution in [2.24, 2.45) is 5.92 Å². The van der Waals surface area contributed by atoms with Crippen LogP contribution in [0.2, 0.25) is 0 Å². The van der Waals surface area contributed by atoms with Gasteiger partial charge in [-0.15, -0.1) is 0 Å². The minimum absolute atomic E-state index is 0.336. The Morgan fingerprint density at radius 3 is 2.79 bits per heavy atom. The third-order valence-electron chi connectivity index (χ3n) is 3.44. The van der Waals surface area contributed by atoms with Crippen LogP contribution in [0.3, 0.4) is 0 Å². The van der Waals surface area contributed by atoms with Gasteiger partial charge in [-0.3, -0.25) is 4.90 Å². The van der Waals surface area contributed by atoms with E-state index in [1.807, 2.05) is 7.05 Å². The molecule has 3 heteroatoms. The van der Waals surface area contributed by atoms with Crippen LogP contribution in [0.15, 0.2) is 0 Å². The van der Waals surface area contributed by atoms with Gasteiger partial charge in [-0.1, -0.05) is 0 Å². The summed E-state index contributed by atoms with van der Waals surface area (Å²) < 4.78 is 5.36. The van der Waals surface area contributed by atoms with Gasteiger partial charge < -0.3 is 10.1 Å². The van der Waals surface area contributed by atoms with Crippen molar-refractivity contribution in [1.82, 2.24) is 10.2 Å². The molecule has 0 aromatic rings. The Labute approximate surface area is 87.8 Å². The molecule has 0 bridgehead atoms. The number of nitrogens with zero attached hydrogens (tertiary/aromatic N) is 1. The Morgan fingerprint density at radius 1 is 1.50 bits per heavy atom. The molecule has 1 N–H and O–H groups in total. The molecule has 1 aliphatic heterocycles. The third-order valence-corrected chi connectivity index (χ3v) is 3.44. The first-order valence-electron chi connectivity index (χ1n) is 5.60. The molecule has 1 aliphatic rings. The molecule has 14 heavy (non-hydrogen) atoms. The Balaban J connectivity index is 2.33. The van der Waals surface area contributed by atoms with E-state index in [0.29, 0.717) is 12.1 Å². The van der Waals surface area contributed by atoms with Crippen molar-refractivity contribution in [3.63, 3.8) is 0 Å². The summed E-state index contributed by atoms with van der Waals surface area (Å²) in [6, 6.07) is 0.543. The number of likely N-dealkylation sites (tertiary alicyclic amines) is 1. The van der Waals surface area contributed by atoms with Gasteiger partial charge in [-0.25, -0.2) is 0 Å². The van der Waals surface area contributed by atoms with E-state index < -0.39 is 0 Å². The van der Waals surface area contributed by atoms with Gasteiger partial charge >= 0.3 is 0 Å². The first-order chi connectivity index (χ1) is 6.69. The largest absolute Gasteiger partial charge is 0.380 e. The number of methoxy groups -OCH3 is 1. The Hall–Kier alpha value is -0.120. The van der Waals surface area contributed by atoms with Crippen molar-refractivity contribution in [2.75, 3.05) is 33.8 Å². The molecule has 3 atom stereocenters. The lowest BCUT2D eigenvalue weighted by Crippen LogP contribution is -2.40. The van der Waals surface area contributed by atoms with Crippen LogP contribution in [0.4, 0.5) is 0 Å². The molecule has 0 saturated carbocycles. The molecule has 0 aromatic heterocycles. The van der Waals surface area contributed by atoms with Gasteiger partial charge in [0, 0.05) is 19.7 Å². The molecule has 1 saturated heterocycles. The van der Waals surface area contributed by atoms with E-state index in [4.69, 9.17) is 4.74 Å². The maximum atomic E-state index is 5.36. The van der Waals surface area contributed by atoms with Gasteiger partial charge in [0.2, 0.25) is 0 Å². The minimum Gasteiger partial charge on any atom is -0.380 e. The number of nitrogens with one attached hydrogen (secondary N) is 1. The van der Waals surface area contributed by atoms with Gasteiger partial charge in [0.05, 0.1) is 6.10 Å². The molecule has 0 amide bonds. The van der Waals surface area contributed by atoms with Gasteiger partial charge in [0.15, 0.2) is 0 Å². The lowest BCUT2D eigenvalue weighted by atomic mass is 10.1. The monoisotopic (exact) mass is 200 g/mol. The zero-order chi connectivity index (χ0) is 10.6. The molecule has 1 fully saturated rings. The standard InChI is InChI=1S/C11H24N2O/c1-9(10(2)14-4)13-6-5-11(8-13)7-12-3/h9-12H,5-8H2,1-4H3. The van der Waals surface area contributed by atoms with Crippen LogP contribution in [0, 0.1) is 5.92 Å². The SMILES string of the molecule is CNCC1CCN(C(C)C(C)OC)C1. The summed E-state index contributed by atoms with van der Waals surface area (Å²) in [7, 11) is 3.83. The van der Waals surface area contributed by atoms with E-state index in [0.717, 1.165) is 12.5 Å². The summed E-state index contributed by atoms with van der Waals surface area (Å²) in [4.78, 5) is 2.54. The highest BCUT2D eigenvalue weighted by atomic mass is 16.5. The molecule has 84 valence electrons. The number of ether oxygens (including phenoxy) is 1. The zero-order valence-electron chi connectivity index (χ0n) is 9.92. The van der Waals surface area contributed by atoms with Gasteiger partial charge in [0.25, 0.3) is 0 Å². The van der Waals surface area contributed by atoms with E-state index in [1.165, 1.54) is 19.5 Å². The van der Waals surface area contributed by atoms with E-state index in [-0.39, 0.29) is 0 Å². The fourth-order valence-electron chi connectivity index (χ4n) is 2.18. The van der Waals surface area contributed by atoms with Crippen LogP contribution >= 0.6 is 0 Å². The minimum atomic E-state index is 0.336. The average Bonchev–Trinajstić information content (AvgIpc) is 2.64. The van der Waals surface area contributed by atoms with Gasteiger partial charge in [-0.2, -0.15) is 0 Å². The van der Waals surface area contributed by atoms with Crippen LogP contribution in [0.1, 0.15) is 20.3 Å². The van der Waals surface area contributed by atoms with E-state index in [2.05, 4.69) is 24.1 Å². The predicted molar refractivity (Wildman–Crippen MR) is 59.5 cm³/mol. The van der Waals surface area contributed by atoms with Crippen LogP contribution in [-0.4, -0.2) is 50.8 Å². The van der Waals surface area contributed by atoms with Crippen molar-refractivity contribution in [3.8, 4) is 0 Å². The molecule has 3 nitrogen and oxygen atoms in total. The van der Waals surface area contributed by atoms with Crippen molar-refractivity contribution >= 4 is 0 Å². The Kier molecular flexibility index (Phi) is 4.85. The van der Waals surface area contributed by atoms with Crippen molar-refractivity contribution < 1.29 is 4.74 Å². The molecular weight excluding hydrogens is 176 g/mol. The zero-order valence-corrected chi connectivity index (χ0v) is 9.92. The normalized spacial score (nSPS) is 27.9. The quantitative estimate of drug-likeness (QED) is 0.715. The fourth-order valence-corrected chi connectivity index (χ4v) is 2.18. The fraction of sp³-hybridized carbons (Fsp3) is 1.00. The second-order valence-electron chi connectivity index (χ2n) is 4.39. The highest BCUT2D eigenvalue weighted by molar-refractivity contribution is 4.82. The van der Waals surface area contributed by atoms with Crippen LogP contribution < -0.4 is 5.32 Å². The van der Waals surface area contributed by atoms with Crippen molar-refractivity contribution in [1.29, 1.82) is 0 Å². The lowest BCUT2D eigenvalue weighted by molar-refractivity contribution is 0.0417. The summed E-state index contributed by atoms with van der Waals surface area (Å²) in [6.45, 7) is 7.99. The molecule has 0 aromatic carbocycles. The van der Waals surface area contributed by atoms with Crippen LogP contribution in [0.25, 0.3) is 0 Å². The first kappa shape index (κ1) is 12.0. The predicted octanol–water partition coefficient (Wildman–Crippen LogP) is 0.951. The van der Waals surface area contributed by atoms with E-state index in [1.54, 1.807) is 7.11 Å². The summed E-state index contributed by atoms with van der Waals surface area (Å²) in [6.07, 6.45) is 1.66. The number of hydrogen-bond donors (Lipinski definition) is 1. The average molecular weight is 200 g/mol. The third kappa shape index (κ3) is 2.94. The highest BCUT2D eigenvalue weighted by Gasteiger charge is 2.27. The summed E-state index contributed by atoms with van der Waals surface area (Å²) in [5, 5.41) is 3.25. The van der Waals surface area contributed by atoms with Gasteiger partial charge in [0.1, 0.15) is 0 Å². The molecule has 0 aliphatic carbocycles. The maximum Gasteiger partial charge on any atom is 0.0695 e. The van der Waals surface area contributed by atoms with Gasteiger partial charge in [-0.05, 0) is 46.3 Å². The van der Waals surface area contributed by atoms with Crippen molar-refractivity contribution in [2.45, 2.75) is 32.4 Å². The lowest BCUT2D eigenvalue weighted by Gasteiger charge is -2.28. The molecule has 0 radical (unpaired) electrons. The Bertz CT molecular complexity index is 163. The smallest absolute Gasteiger partial charge is 0.0695 e. The maximum absolute atomic E-state index is 5.36. The topological polar surface area (TPSA) is 24.5 Å². The van der Waals surface area contributed by atoms with Crippen molar-refractivity contribution in [3.05, 3.63) is 0 Å². The molecular formula is C11H24N2O. The molecule has 1 rings (SSSR count). The first-order valence-corrected chi connectivity index (χ1v) is 5.60. The number of hydrogen-bond acceptors (Lipinski definition) is 3. The van der Waals surface area contributed by atoms with Crippen LogP contribution in [-0.2, 0) is 4.74 Å². The Morgan fingerprint density at radius 2 is 2.21 bits per heavy atom. The highest BCUT2D eigenvalue weighted by Crippen LogP contribution is 2.19. The summed E-state index contributed by atoms with van der Waals surface area (Å²) >= 11 is 0. The number of rotatable bonds is 5. The van der Waals surface area contributed by atoms with Crippen LogP contribution in [0.5, 0.6) is 0 Å². The second-order valence-corrected chi connectivity index (χ2v) is 4.39. The van der Waals surface area contributed by atoms with E-state index in [9.17, 15) is 0 Å².